The van der Waals surface area contributed by atoms with Gasteiger partial charge in [0, 0.05) is 0 Å². The largest absolute Gasteiger partial charge is 0.481 e. The molecule has 0 aliphatic heterocycles. The number of carbonyl (C=O) groups is 3. The number of nitrogens with two attached hydrogens (primary N) is 3. The Balaban J connectivity index is 0.000000993. The summed E-state index contributed by atoms with van der Waals surface area (Å²) in [7, 11) is 0. The van der Waals surface area contributed by atoms with Gasteiger partial charge < -0.3 is 32.5 Å². The normalized spacial score (nSPS) is 20.5. The van der Waals surface area contributed by atoms with Crippen LogP contribution < -0.4 is 17.2 Å². The number of aliphatic carboxylic acids is 3. The van der Waals surface area contributed by atoms with Crippen LogP contribution in [0.15, 0.2) is 0 Å². The van der Waals surface area contributed by atoms with Crippen molar-refractivity contribution in [2.24, 2.45) is 58.6 Å². The van der Waals surface area contributed by atoms with Gasteiger partial charge in [0.2, 0.25) is 0 Å². The first kappa shape index (κ1) is 73.3. The minimum Gasteiger partial charge on any atom is -0.481 e. The maximum absolute atomic E-state index is 10.2. The van der Waals surface area contributed by atoms with Crippen LogP contribution in [0.1, 0.15) is 342 Å². The van der Waals surface area contributed by atoms with Crippen molar-refractivity contribution in [2.75, 3.05) is 19.6 Å². The minimum atomic E-state index is -1.40. The lowest BCUT2D eigenvalue weighted by Gasteiger charge is -2.29. The van der Waals surface area contributed by atoms with E-state index in [1.807, 2.05) is 0 Å². The highest BCUT2D eigenvalue weighted by atomic mass is 16.4. The predicted octanol–water partition coefficient (Wildman–Crippen LogP) is 19.0. The Morgan fingerprint density at radius 3 is 0.720 bits per heavy atom. The van der Waals surface area contributed by atoms with Crippen molar-refractivity contribution in [3.05, 3.63) is 0 Å². The van der Waals surface area contributed by atoms with E-state index in [2.05, 4.69) is 20.8 Å². The third kappa shape index (κ3) is 49.1. The molecule has 0 heterocycles. The van der Waals surface area contributed by atoms with Crippen molar-refractivity contribution in [3.8, 4) is 0 Å². The number of carboxylic acid groups (broad SMARTS) is 3. The predicted molar refractivity (Wildman–Crippen MR) is 322 cm³/mol. The number of unbranched alkanes of at least 4 members (excludes halogenated alkanes) is 24. The first-order chi connectivity index (χ1) is 36.5. The molecule has 3 fully saturated rings. The van der Waals surface area contributed by atoms with Gasteiger partial charge in [0.15, 0.2) is 0 Å². The standard InChI is InChI=1S/3C20H41N.C6H8O6/c3*1-2-3-13-19-15-12-16-20(18-19)14-10-8-6-4-5-7-9-11-17-21;7-4(8)1-3(6(11)12)2-5(9)10/h3*19-20H,2-18,21H2,1H3;3H,1-2H2,(H,7,8)(H,9,10)(H,11,12). The topological polar surface area (TPSA) is 190 Å². The molecule has 0 spiro atoms. The summed E-state index contributed by atoms with van der Waals surface area (Å²) in [4.78, 5) is 30.3. The van der Waals surface area contributed by atoms with E-state index < -0.39 is 36.7 Å². The Hall–Kier alpha value is -1.71. The van der Waals surface area contributed by atoms with Crippen LogP contribution >= 0.6 is 0 Å². The van der Waals surface area contributed by atoms with E-state index >= 15 is 0 Å². The summed E-state index contributed by atoms with van der Waals surface area (Å²) in [5.41, 5.74) is 16.5. The smallest absolute Gasteiger partial charge is 0.307 e. The number of hydrogen-bond donors (Lipinski definition) is 6. The summed E-state index contributed by atoms with van der Waals surface area (Å²) in [6, 6.07) is 0. The number of rotatable bonds is 44. The molecule has 9 nitrogen and oxygen atoms in total. The Morgan fingerprint density at radius 2 is 0.533 bits per heavy atom. The van der Waals surface area contributed by atoms with Gasteiger partial charge in [-0.05, 0) is 93.7 Å². The lowest BCUT2D eigenvalue weighted by atomic mass is 9.77. The van der Waals surface area contributed by atoms with Gasteiger partial charge >= 0.3 is 17.9 Å². The van der Waals surface area contributed by atoms with Crippen molar-refractivity contribution in [3.63, 3.8) is 0 Å². The quantitative estimate of drug-likeness (QED) is 0.0323. The molecule has 6 atom stereocenters. The first-order valence-corrected chi connectivity index (χ1v) is 33.3. The first-order valence-electron chi connectivity index (χ1n) is 33.3. The third-order valence-electron chi connectivity index (χ3n) is 17.5. The fourth-order valence-corrected chi connectivity index (χ4v) is 12.8. The van der Waals surface area contributed by atoms with Crippen molar-refractivity contribution in [1.82, 2.24) is 0 Å². The number of hydrogen-bond acceptors (Lipinski definition) is 6. The molecule has 9 N–H and O–H groups in total. The van der Waals surface area contributed by atoms with E-state index in [-0.39, 0.29) is 0 Å². The van der Waals surface area contributed by atoms with Gasteiger partial charge in [0.25, 0.3) is 0 Å². The van der Waals surface area contributed by atoms with E-state index in [0.29, 0.717) is 0 Å². The summed E-state index contributed by atoms with van der Waals surface area (Å²) in [6.45, 7) is 9.62. The van der Waals surface area contributed by atoms with Crippen LogP contribution in [0, 0.1) is 41.4 Å². The van der Waals surface area contributed by atoms with E-state index in [9.17, 15) is 14.4 Å². The molecule has 446 valence electrons. The zero-order valence-corrected chi connectivity index (χ0v) is 50.3. The van der Waals surface area contributed by atoms with Crippen LogP contribution in [0.3, 0.4) is 0 Å². The molecule has 0 aromatic heterocycles. The van der Waals surface area contributed by atoms with Gasteiger partial charge in [-0.15, -0.1) is 0 Å². The van der Waals surface area contributed by atoms with E-state index in [1.54, 1.807) is 19.3 Å². The van der Waals surface area contributed by atoms with E-state index in [0.717, 1.165) is 55.1 Å². The molecule has 3 aliphatic rings. The molecule has 3 aliphatic carbocycles. The molecule has 0 aromatic carbocycles. The van der Waals surface area contributed by atoms with Crippen LogP contribution in [-0.4, -0.2) is 52.9 Å². The fourth-order valence-electron chi connectivity index (χ4n) is 12.8. The van der Waals surface area contributed by atoms with Crippen molar-refractivity contribution in [1.29, 1.82) is 0 Å². The molecular formula is C66H131N3O6. The van der Waals surface area contributed by atoms with Crippen LogP contribution in [-0.2, 0) is 14.4 Å². The van der Waals surface area contributed by atoms with Gasteiger partial charge in [-0.3, -0.25) is 14.4 Å². The van der Waals surface area contributed by atoms with Gasteiger partial charge in [-0.2, -0.15) is 0 Å². The SMILES string of the molecule is CCCCC1CCCC(CCCCCCCCCCN)C1.CCCCC1CCCC(CCCCCCCCCCN)C1.CCCCC1CCCC(CCCCCCCCCCN)C1.O=C(O)CC(CC(=O)O)C(=O)O. The highest BCUT2D eigenvalue weighted by molar-refractivity contribution is 5.82. The fraction of sp³-hybridized carbons (Fsp3) is 0.955. The molecule has 0 aromatic rings. The monoisotopic (exact) mass is 1060 g/mol. The zero-order chi connectivity index (χ0) is 55.3. The maximum atomic E-state index is 10.2. The molecular weight excluding hydrogens is 931 g/mol. The van der Waals surface area contributed by atoms with Crippen molar-refractivity contribution >= 4 is 17.9 Å². The van der Waals surface area contributed by atoms with Crippen LogP contribution in [0.4, 0.5) is 0 Å². The van der Waals surface area contributed by atoms with Crippen LogP contribution in [0.2, 0.25) is 0 Å². The molecule has 0 radical (unpaired) electrons. The van der Waals surface area contributed by atoms with Gasteiger partial charge in [0.1, 0.15) is 0 Å². The van der Waals surface area contributed by atoms with Crippen molar-refractivity contribution < 1.29 is 29.7 Å². The highest BCUT2D eigenvalue weighted by Gasteiger charge is 2.25. The highest BCUT2D eigenvalue weighted by Crippen LogP contribution is 2.37. The second-order valence-corrected chi connectivity index (χ2v) is 24.6. The van der Waals surface area contributed by atoms with Crippen LogP contribution in [0.5, 0.6) is 0 Å². The molecule has 3 rings (SSSR count). The second-order valence-electron chi connectivity index (χ2n) is 24.6. The summed E-state index contributed by atoms with van der Waals surface area (Å²) >= 11 is 0. The Bertz CT molecular complexity index is 1110. The summed E-state index contributed by atoms with van der Waals surface area (Å²) < 4.78 is 0. The molecule has 75 heavy (non-hydrogen) atoms. The van der Waals surface area contributed by atoms with E-state index in [4.69, 9.17) is 32.5 Å². The molecule has 0 bridgehead atoms. The average Bonchev–Trinajstić information content (AvgIpc) is 3.40. The molecule has 6 unspecified atom stereocenters. The van der Waals surface area contributed by atoms with Gasteiger partial charge in [-0.25, -0.2) is 0 Å². The maximum Gasteiger partial charge on any atom is 0.307 e. The minimum absolute atomic E-state index is 0.665. The summed E-state index contributed by atoms with van der Waals surface area (Å²) in [5, 5.41) is 24.7. The van der Waals surface area contributed by atoms with Crippen LogP contribution in [0.25, 0.3) is 0 Å². The molecule has 3 saturated carbocycles. The second kappa shape index (κ2) is 55.6. The molecule has 9 heteroatoms. The van der Waals surface area contributed by atoms with E-state index in [1.165, 1.54) is 289 Å². The summed E-state index contributed by atoms with van der Waals surface area (Å²) in [5.74, 6) is 1.07. The van der Waals surface area contributed by atoms with Crippen molar-refractivity contribution in [2.45, 2.75) is 342 Å². The molecule has 0 amide bonds. The average molecular weight is 1060 g/mol. The lowest BCUT2D eigenvalue weighted by molar-refractivity contribution is -0.152. The third-order valence-corrected chi connectivity index (χ3v) is 17.5. The van der Waals surface area contributed by atoms with Gasteiger partial charge in [0.05, 0.1) is 18.8 Å². The molecule has 0 saturated heterocycles. The van der Waals surface area contributed by atoms with Gasteiger partial charge in [-0.1, -0.05) is 290 Å². The Morgan fingerprint density at radius 1 is 0.333 bits per heavy atom. The Kier molecular flexibility index (Phi) is 54.3. The summed E-state index contributed by atoms with van der Waals surface area (Å²) in [6.07, 6.45) is 68.6. The Labute approximate surface area is 465 Å². The lowest BCUT2D eigenvalue weighted by Crippen LogP contribution is -2.20. The number of carboxylic acids is 3. The zero-order valence-electron chi connectivity index (χ0n) is 50.3.